The summed E-state index contributed by atoms with van der Waals surface area (Å²) in [5.74, 6) is 0.805. The molecule has 3 aromatic rings. The van der Waals surface area contributed by atoms with E-state index in [1.54, 1.807) is 11.7 Å². The number of nitrogens with one attached hydrogen (secondary N) is 1. The molecule has 1 heterocycles. The number of nitrogens with zero attached hydrogens (tertiary/aromatic N) is 1. The van der Waals surface area contributed by atoms with E-state index >= 15 is 0 Å². The maximum atomic E-state index is 13.9. The Kier molecular flexibility index (Phi) is 4.86. The summed E-state index contributed by atoms with van der Waals surface area (Å²) >= 11 is 5.67. The number of benzene rings is 2. The summed E-state index contributed by atoms with van der Waals surface area (Å²) < 4.78 is 7.47. The zero-order valence-electron chi connectivity index (χ0n) is 17.2. The van der Waals surface area contributed by atoms with Gasteiger partial charge in [0.25, 0.3) is 5.56 Å². The van der Waals surface area contributed by atoms with E-state index in [1.807, 2.05) is 30.3 Å². The molecule has 0 atom stereocenters. The van der Waals surface area contributed by atoms with Crippen LogP contribution in [0, 0.1) is 4.77 Å². The van der Waals surface area contributed by atoms with E-state index in [9.17, 15) is 4.79 Å². The molecule has 4 nitrogen and oxygen atoms in total. The zero-order chi connectivity index (χ0) is 20.7. The Morgan fingerprint density at radius 2 is 1.80 bits per heavy atom. The van der Waals surface area contributed by atoms with Gasteiger partial charge in [-0.05, 0) is 54.7 Å². The van der Waals surface area contributed by atoms with Gasteiger partial charge in [0.1, 0.15) is 5.75 Å². The second-order valence-corrected chi connectivity index (χ2v) is 8.98. The first-order chi connectivity index (χ1) is 14.6. The Hall–Kier alpha value is -2.66. The van der Waals surface area contributed by atoms with Crippen molar-refractivity contribution in [1.82, 2.24) is 9.55 Å². The first kappa shape index (κ1) is 19.3. The molecule has 1 saturated carbocycles. The SMILES string of the molecule is COc1ccc(Cn2c(=S)[nH]c3c(c2=O)C2(CCCCC2)Cc2ccccc2-3)cc1. The van der Waals surface area contributed by atoms with Crippen LogP contribution in [0.3, 0.4) is 0 Å². The van der Waals surface area contributed by atoms with Gasteiger partial charge in [-0.1, -0.05) is 55.7 Å². The van der Waals surface area contributed by atoms with E-state index in [-0.39, 0.29) is 11.0 Å². The third kappa shape index (κ3) is 3.12. The predicted molar refractivity (Wildman–Crippen MR) is 122 cm³/mol. The first-order valence-corrected chi connectivity index (χ1v) is 11.1. The minimum Gasteiger partial charge on any atom is -0.497 e. The van der Waals surface area contributed by atoms with E-state index in [0.717, 1.165) is 47.4 Å². The van der Waals surface area contributed by atoms with E-state index in [4.69, 9.17) is 17.0 Å². The van der Waals surface area contributed by atoms with Crippen molar-refractivity contribution in [3.05, 3.63) is 80.3 Å². The number of aromatic nitrogens is 2. The summed E-state index contributed by atoms with van der Waals surface area (Å²) in [6.45, 7) is 0.461. The molecule has 5 rings (SSSR count). The molecule has 0 amide bonds. The second kappa shape index (κ2) is 7.55. The van der Waals surface area contributed by atoms with Gasteiger partial charge in [0.05, 0.1) is 19.3 Å². The molecule has 1 N–H and O–H groups in total. The standard InChI is InChI=1S/C25H26N2O2S/c1-29-19-11-9-17(10-12-19)16-27-23(28)21-22(26-24(27)30)20-8-4-3-7-18(20)15-25(21)13-5-2-6-14-25/h3-4,7-12H,2,5-6,13-16H2,1H3,(H,26,30). The normalized spacial score (nSPS) is 16.7. The molecule has 30 heavy (non-hydrogen) atoms. The average Bonchev–Trinajstić information content (AvgIpc) is 2.77. The number of hydrogen-bond acceptors (Lipinski definition) is 3. The Bertz CT molecular complexity index is 1200. The third-order valence-electron chi connectivity index (χ3n) is 6.84. The van der Waals surface area contributed by atoms with E-state index in [2.05, 4.69) is 23.2 Å². The fourth-order valence-electron chi connectivity index (χ4n) is 5.35. The van der Waals surface area contributed by atoms with Crippen molar-refractivity contribution in [2.45, 2.75) is 50.5 Å². The largest absolute Gasteiger partial charge is 0.497 e. The van der Waals surface area contributed by atoms with Crippen molar-refractivity contribution < 1.29 is 4.74 Å². The highest BCUT2D eigenvalue weighted by Gasteiger charge is 2.42. The van der Waals surface area contributed by atoms with Gasteiger partial charge in [0.15, 0.2) is 4.77 Å². The number of aromatic amines is 1. The molecule has 0 bridgehead atoms. The van der Waals surface area contributed by atoms with Crippen LogP contribution in [0.25, 0.3) is 11.3 Å². The van der Waals surface area contributed by atoms with Gasteiger partial charge < -0.3 is 9.72 Å². The van der Waals surface area contributed by atoms with E-state index in [0.29, 0.717) is 11.3 Å². The van der Waals surface area contributed by atoms with Gasteiger partial charge in [-0.3, -0.25) is 9.36 Å². The topological polar surface area (TPSA) is 47.0 Å². The predicted octanol–water partition coefficient (Wildman–Crippen LogP) is 5.39. The minimum atomic E-state index is -0.0831. The first-order valence-electron chi connectivity index (χ1n) is 10.7. The molecule has 2 aliphatic rings. The highest BCUT2D eigenvalue weighted by molar-refractivity contribution is 7.71. The number of hydrogen-bond donors (Lipinski definition) is 1. The lowest BCUT2D eigenvalue weighted by molar-refractivity contribution is 0.283. The zero-order valence-corrected chi connectivity index (χ0v) is 18.1. The molecule has 2 aromatic carbocycles. The van der Waals surface area contributed by atoms with Crippen molar-refractivity contribution in [1.29, 1.82) is 0 Å². The van der Waals surface area contributed by atoms with Crippen molar-refractivity contribution in [3.63, 3.8) is 0 Å². The van der Waals surface area contributed by atoms with Gasteiger partial charge in [-0.25, -0.2) is 0 Å². The lowest BCUT2D eigenvalue weighted by Crippen LogP contribution is -2.43. The molecular formula is C25H26N2O2S. The summed E-state index contributed by atoms with van der Waals surface area (Å²) in [6, 6.07) is 16.3. The minimum absolute atomic E-state index is 0.0703. The monoisotopic (exact) mass is 418 g/mol. The van der Waals surface area contributed by atoms with Gasteiger partial charge >= 0.3 is 0 Å². The van der Waals surface area contributed by atoms with Crippen LogP contribution in [0.1, 0.15) is 48.8 Å². The lowest BCUT2D eigenvalue weighted by atomic mass is 9.62. The Balaban J connectivity index is 1.68. The van der Waals surface area contributed by atoms with Crippen molar-refractivity contribution in [2.24, 2.45) is 0 Å². The fraction of sp³-hybridized carbons (Fsp3) is 0.360. The van der Waals surface area contributed by atoms with Crippen LogP contribution in [0.2, 0.25) is 0 Å². The highest BCUT2D eigenvalue weighted by atomic mass is 32.1. The molecule has 0 aliphatic heterocycles. The summed E-state index contributed by atoms with van der Waals surface area (Å²) in [4.78, 5) is 17.4. The van der Waals surface area contributed by atoms with Crippen LogP contribution in [-0.4, -0.2) is 16.7 Å². The maximum absolute atomic E-state index is 13.9. The fourth-order valence-corrected chi connectivity index (χ4v) is 5.60. The van der Waals surface area contributed by atoms with Gasteiger partial charge in [-0.15, -0.1) is 0 Å². The number of ether oxygens (including phenoxy) is 1. The second-order valence-electron chi connectivity index (χ2n) is 8.59. The molecular weight excluding hydrogens is 392 g/mol. The van der Waals surface area contributed by atoms with E-state index < -0.39 is 0 Å². The maximum Gasteiger partial charge on any atom is 0.258 e. The Morgan fingerprint density at radius 1 is 1.07 bits per heavy atom. The molecule has 1 aromatic heterocycles. The Morgan fingerprint density at radius 3 is 2.53 bits per heavy atom. The lowest BCUT2D eigenvalue weighted by Gasteiger charge is -2.42. The molecule has 1 spiro atoms. The van der Waals surface area contributed by atoms with Crippen molar-refractivity contribution in [2.75, 3.05) is 7.11 Å². The third-order valence-corrected chi connectivity index (χ3v) is 7.16. The summed E-state index contributed by atoms with van der Waals surface area (Å²) in [5, 5.41) is 0. The summed E-state index contributed by atoms with van der Waals surface area (Å²) in [5.41, 5.74) is 5.36. The van der Waals surface area contributed by atoms with Gasteiger partial charge in [-0.2, -0.15) is 0 Å². The van der Waals surface area contributed by atoms with Crippen LogP contribution in [0.15, 0.2) is 53.3 Å². The molecule has 0 unspecified atom stereocenters. The average molecular weight is 419 g/mol. The Labute approximate surface area is 181 Å². The molecule has 2 aliphatic carbocycles. The quantitative estimate of drug-likeness (QED) is 0.580. The van der Waals surface area contributed by atoms with Crippen molar-refractivity contribution >= 4 is 12.2 Å². The van der Waals surface area contributed by atoms with Crippen LogP contribution in [0.4, 0.5) is 0 Å². The van der Waals surface area contributed by atoms with E-state index in [1.165, 1.54) is 24.8 Å². The summed E-state index contributed by atoms with van der Waals surface area (Å²) in [6.07, 6.45) is 6.68. The van der Waals surface area contributed by atoms with Gasteiger partial charge in [0.2, 0.25) is 0 Å². The summed E-state index contributed by atoms with van der Waals surface area (Å²) in [7, 11) is 1.65. The molecule has 154 valence electrons. The molecule has 0 saturated heterocycles. The van der Waals surface area contributed by atoms with Crippen molar-refractivity contribution in [3.8, 4) is 17.0 Å². The molecule has 1 fully saturated rings. The number of fused-ring (bicyclic) bond motifs is 4. The number of rotatable bonds is 3. The van der Waals surface area contributed by atoms with Crippen LogP contribution in [0.5, 0.6) is 5.75 Å². The van der Waals surface area contributed by atoms with Crippen LogP contribution in [-0.2, 0) is 18.4 Å². The van der Waals surface area contributed by atoms with Gasteiger partial charge in [0, 0.05) is 16.5 Å². The molecule has 5 heteroatoms. The smallest absolute Gasteiger partial charge is 0.258 e. The van der Waals surface area contributed by atoms with Crippen LogP contribution >= 0.6 is 12.2 Å². The molecule has 0 radical (unpaired) electrons. The number of methoxy groups -OCH3 is 1. The van der Waals surface area contributed by atoms with Crippen LogP contribution < -0.4 is 10.3 Å². The number of H-pyrrole nitrogens is 1. The highest BCUT2D eigenvalue weighted by Crippen LogP contribution is 2.48.